The number of carbonyl (C=O) groups is 1. The molecule has 3 rings (SSSR count). The monoisotopic (exact) mass is 295 g/mol. The van der Waals surface area contributed by atoms with Crippen LogP contribution in [0.3, 0.4) is 0 Å². The molecule has 0 unspecified atom stereocenters. The van der Waals surface area contributed by atoms with Gasteiger partial charge < -0.3 is 10.6 Å². The Hall–Kier alpha value is -2.36. The van der Waals surface area contributed by atoms with E-state index in [-0.39, 0.29) is 11.3 Å². The predicted octanol–water partition coefficient (Wildman–Crippen LogP) is 3.96. The number of hydrogen-bond donors (Lipinski definition) is 2. The van der Waals surface area contributed by atoms with E-state index in [0.29, 0.717) is 0 Å². The molecule has 0 saturated carbocycles. The molecule has 0 spiro atoms. The van der Waals surface area contributed by atoms with E-state index in [0.717, 1.165) is 34.9 Å². The molecule has 0 fully saturated rings. The number of hydrogen-bond acceptors (Lipinski definition) is 3. The minimum atomic E-state index is -0.371. The summed E-state index contributed by atoms with van der Waals surface area (Å²) >= 11 is 0. The van der Waals surface area contributed by atoms with Crippen LogP contribution in [0.2, 0.25) is 0 Å². The van der Waals surface area contributed by atoms with Crippen LogP contribution >= 0.6 is 0 Å². The van der Waals surface area contributed by atoms with Crippen molar-refractivity contribution in [2.75, 3.05) is 10.6 Å². The molecule has 1 aromatic heterocycles. The van der Waals surface area contributed by atoms with E-state index in [1.807, 2.05) is 39.0 Å². The SMILES string of the molecule is Cc1ccc(Nc2ccc3c(c2)CC(C)(C)C(=O)N3)nc1C. The smallest absolute Gasteiger partial charge is 0.230 e. The summed E-state index contributed by atoms with van der Waals surface area (Å²) < 4.78 is 0. The third kappa shape index (κ3) is 2.69. The van der Waals surface area contributed by atoms with E-state index in [2.05, 4.69) is 34.7 Å². The molecule has 1 amide bonds. The van der Waals surface area contributed by atoms with Crippen molar-refractivity contribution in [1.82, 2.24) is 4.98 Å². The van der Waals surface area contributed by atoms with Crippen molar-refractivity contribution in [2.24, 2.45) is 5.41 Å². The fraction of sp³-hybridized carbons (Fsp3) is 0.333. The Balaban J connectivity index is 1.88. The van der Waals surface area contributed by atoms with Crippen LogP contribution < -0.4 is 10.6 Å². The van der Waals surface area contributed by atoms with Crippen molar-refractivity contribution >= 4 is 23.1 Å². The second-order valence-electron chi connectivity index (χ2n) is 6.61. The molecule has 0 atom stereocenters. The first kappa shape index (κ1) is 14.6. The summed E-state index contributed by atoms with van der Waals surface area (Å²) in [5.41, 5.74) is 4.88. The number of benzene rings is 1. The highest BCUT2D eigenvalue weighted by molar-refractivity contribution is 5.98. The van der Waals surface area contributed by atoms with Crippen LogP contribution in [0.5, 0.6) is 0 Å². The summed E-state index contributed by atoms with van der Waals surface area (Å²) in [6.45, 7) is 7.99. The van der Waals surface area contributed by atoms with Gasteiger partial charge >= 0.3 is 0 Å². The molecule has 0 radical (unpaired) electrons. The molecule has 114 valence electrons. The lowest BCUT2D eigenvalue weighted by molar-refractivity contribution is -0.124. The van der Waals surface area contributed by atoms with Crippen LogP contribution in [0, 0.1) is 19.3 Å². The molecule has 1 aliphatic heterocycles. The molecular weight excluding hydrogens is 274 g/mol. The number of nitrogens with one attached hydrogen (secondary N) is 2. The number of rotatable bonds is 2. The van der Waals surface area contributed by atoms with E-state index in [4.69, 9.17) is 0 Å². The quantitative estimate of drug-likeness (QED) is 0.881. The molecule has 0 bridgehead atoms. The summed E-state index contributed by atoms with van der Waals surface area (Å²) in [5, 5.41) is 6.31. The highest BCUT2D eigenvalue weighted by atomic mass is 16.2. The second kappa shape index (κ2) is 5.13. The first-order valence-corrected chi connectivity index (χ1v) is 7.51. The Morgan fingerprint density at radius 3 is 2.68 bits per heavy atom. The van der Waals surface area contributed by atoms with Gasteiger partial charge in [0.1, 0.15) is 5.82 Å². The zero-order chi connectivity index (χ0) is 15.9. The first-order valence-electron chi connectivity index (χ1n) is 7.51. The Labute approximate surface area is 131 Å². The molecule has 4 heteroatoms. The maximum absolute atomic E-state index is 12.0. The molecule has 2 heterocycles. The third-order valence-electron chi connectivity index (χ3n) is 4.22. The molecule has 0 saturated heterocycles. The van der Waals surface area contributed by atoms with Crippen LogP contribution in [0.25, 0.3) is 0 Å². The van der Waals surface area contributed by atoms with E-state index in [9.17, 15) is 4.79 Å². The standard InChI is InChI=1S/C18H21N3O/c1-11-5-8-16(19-12(11)2)20-14-6-7-15-13(9-14)10-18(3,4)17(22)21-15/h5-9H,10H2,1-4H3,(H,19,20)(H,21,22). The van der Waals surface area contributed by atoms with Crippen molar-refractivity contribution < 1.29 is 4.79 Å². The predicted molar refractivity (Wildman–Crippen MR) is 89.6 cm³/mol. The molecule has 2 N–H and O–H groups in total. The van der Waals surface area contributed by atoms with Gasteiger partial charge in [-0.3, -0.25) is 4.79 Å². The molecule has 2 aromatic rings. The molecule has 1 aliphatic rings. The summed E-state index contributed by atoms with van der Waals surface area (Å²) in [6, 6.07) is 10.0. The van der Waals surface area contributed by atoms with Crippen molar-refractivity contribution in [3.8, 4) is 0 Å². The number of fused-ring (bicyclic) bond motifs is 1. The van der Waals surface area contributed by atoms with Crippen molar-refractivity contribution in [2.45, 2.75) is 34.1 Å². The highest BCUT2D eigenvalue weighted by Gasteiger charge is 2.33. The van der Waals surface area contributed by atoms with Gasteiger partial charge in [0.05, 0.1) is 0 Å². The average molecular weight is 295 g/mol. The second-order valence-corrected chi connectivity index (χ2v) is 6.61. The van der Waals surface area contributed by atoms with E-state index in [1.165, 1.54) is 5.56 Å². The van der Waals surface area contributed by atoms with Gasteiger partial charge in [0.15, 0.2) is 0 Å². The van der Waals surface area contributed by atoms with E-state index < -0.39 is 0 Å². The van der Waals surface area contributed by atoms with Crippen LogP contribution in [0.1, 0.15) is 30.7 Å². The molecule has 1 aromatic carbocycles. The van der Waals surface area contributed by atoms with Crippen LogP contribution in [0.4, 0.5) is 17.2 Å². The summed E-state index contributed by atoms with van der Waals surface area (Å²) in [5.74, 6) is 0.915. The van der Waals surface area contributed by atoms with Crippen LogP contribution in [-0.2, 0) is 11.2 Å². The van der Waals surface area contributed by atoms with E-state index >= 15 is 0 Å². The fourth-order valence-electron chi connectivity index (χ4n) is 2.64. The van der Waals surface area contributed by atoms with Gasteiger partial charge in [-0.05, 0) is 55.7 Å². The van der Waals surface area contributed by atoms with Gasteiger partial charge in [-0.1, -0.05) is 19.9 Å². The lowest BCUT2D eigenvalue weighted by atomic mass is 9.81. The molecule has 22 heavy (non-hydrogen) atoms. The number of nitrogens with zero attached hydrogens (tertiary/aromatic N) is 1. The fourth-order valence-corrected chi connectivity index (χ4v) is 2.64. The normalized spacial score (nSPS) is 15.9. The maximum atomic E-state index is 12.0. The lowest BCUT2D eigenvalue weighted by Gasteiger charge is -2.30. The van der Waals surface area contributed by atoms with Gasteiger partial charge in [-0.15, -0.1) is 0 Å². The van der Waals surface area contributed by atoms with E-state index in [1.54, 1.807) is 0 Å². The Morgan fingerprint density at radius 2 is 1.95 bits per heavy atom. The number of anilines is 3. The average Bonchev–Trinajstić information content (AvgIpc) is 2.44. The zero-order valence-electron chi connectivity index (χ0n) is 13.4. The number of aryl methyl sites for hydroxylation is 2. The number of amides is 1. The Morgan fingerprint density at radius 1 is 1.18 bits per heavy atom. The number of aromatic nitrogens is 1. The first-order chi connectivity index (χ1) is 10.3. The molecule has 0 aliphatic carbocycles. The highest BCUT2D eigenvalue weighted by Crippen LogP contribution is 2.35. The largest absolute Gasteiger partial charge is 0.340 e. The maximum Gasteiger partial charge on any atom is 0.230 e. The summed E-state index contributed by atoms with van der Waals surface area (Å²) in [6.07, 6.45) is 0.740. The van der Waals surface area contributed by atoms with Crippen LogP contribution in [-0.4, -0.2) is 10.9 Å². The van der Waals surface area contributed by atoms with Crippen molar-refractivity contribution in [1.29, 1.82) is 0 Å². The number of carbonyl (C=O) groups excluding carboxylic acids is 1. The van der Waals surface area contributed by atoms with Gasteiger partial charge in [-0.25, -0.2) is 4.98 Å². The minimum Gasteiger partial charge on any atom is -0.340 e. The van der Waals surface area contributed by atoms with Gasteiger partial charge in [-0.2, -0.15) is 0 Å². The topological polar surface area (TPSA) is 54.0 Å². The molecular formula is C18H21N3O. The minimum absolute atomic E-state index is 0.0801. The third-order valence-corrected chi connectivity index (χ3v) is 4.22. The molecule has 4 nitrogen and oxygen atoms in total. The van der Waals surface area contributed by atoms with Gasteiger partial charge in [0.25, 0.3) is 0 Å². The lowest BCUT2D eigenvalue weighted by Crippen LogP contribution is -2.37. The van der Waals surface area contributed by atoms with Crippen LogP contribution in [0.15, 0.2) is 30.3 Å². The Kier molecular flexibility index (Phi) is 3.39. The summed E-state index contributed by atoms with van der Waals surface area (Å²) in [4.78, 5) is 16.5. The summed E-state index contributed by atoms with van der Waals surface area (Å²) in [7, 11) is 0. The number of pyridine rings is 1. The zero-order valence-corrected chi connectivity index (χ0v) is 13.4. The Bertz CT molecular complexity index is 750. The van der Waals surface area contributed by atoms with Gasteiger partial charge in [0, 0.05) is 22.5 Å². The van der Waals surface area contributed by atoms with Crippen molar-refractivity contribution in [3.63, 3.8) is 0 Å². The van der Waals surface area contributed by atoms with Crippen molar-refractivity contribution in [3.05, 3.63) is 47.2 Å². The van der Waals surface area contributed by atoms with Gasteiger partial charge in [0.2, 0.25) is 5.91 Å².